The lowest BCUT2D eigenvalue weighted by Crippen LogP contribution is -2.34. The number of hydrogen-bond donors (Lipinski definition) is 2. The predicted molar refractivity (Wildman–Crippen MR) is 77.7 cm³/mol. The van der Waals surface area contributed by atoms with E-state index in [1.54, 1.807) is 0 Å². The summed E-state index contributed by atoms with van der Waals surface area (Å²) in [6, 6.07) is 8.38. The van der Waals surface area contributed by atoms with Crippen LogP contribution in [-0.2, 0) is 6.42 Å². The quantitative estimate of drug-likeness (QED) is 0.691. The van der Waals surface area contributed by atoms with E-state index in [1.807, 2.05) is 18.2 Å². The van der Waals surface area contributed by atoms with Gasteiger partial charge in [-0.3, -0.25) is 0 Å². The number of aryl methyl sites for hydroxylation is 1. The van der Waals surface area contributed by atoms with E-state index in [-0.39, 0.29) is 6.04 Å². The summed E-state index contributed by atoms with van der Waals surface area (Å²) >= 11 is 0. The summed E-state index contributed by atoms with van der Waals surface area (Å²) in [7, 11) is 0. The first kappa shape index (κ1) is 14.9. The summed E-state index contributed by atoms with van der Waals surface area (Å²) in [5.41, 5.74) is 2.32. The molecular formula is C16H25NO. The van der Waals surface area contributed by atoms with Crippen LogP contribution in [0.5, 0.6) is 0 Å². The zero-order chi connectivity index (χ0) is 13.4. The van der Waals surface area contributed by atoms with E-state index in [4.69, 9.17) is 0 Å². The zero-order valence-electron chi connectivity index (χ0n) is 11.5. The summed E-state index contributed by atoms with van der Waals surface area (Å²) in [6.07, 6.45) is 4.51. The van der Waals surface area contributed by atoms with Crippen molar-refractivity contribution in [1.82, 2.24) is 5.32 Å². The molecule has 0 aliphatic carbocycles. The SMILES string of the molecule is C=CCNC(CC)C(O)c1ccc(CCC)cc1. The van der Waals surface area contributed by atoms with Gasteiger partial charge in [0.25, 0.3) is 0 Å². The van der Waals surface area contributed by atoms with Crippen molar-refractivity contribution < 1.29 is 5.11 Å². The average Bonchev–Trinajstić information content (AvgIpc) is 2.40. The monoisotopic (exact) mass is 247 g/mol. The fourth-order valence-corrected chi connectivity index (χ4v) is 2.12. The summed E-state index contributed by atoms with van der Waals surface area (Å²) in [4.78, 5) is 0. The van der Waals surface area contributed by atoms with Crippen molar-refractivity contribution in [2.24, 2.45) is 0 Å². The fourth-order valence-electron chi connectivity index (χ4n) is 2.12. The maximum atomic E-state index is 10.3. The molecule has 1 aromatic carbocycles. The minimum Gasteiger partial charge on any atom is -0.387 e. The van der Waals surface area contributed by atoms with Crippen LogP contribution in [0.4, 0.5) is 0 Å². The molecule has 0 saturated carbocycles. The van der Waals surface area contributed by atoms with Gasteiger partial charge in [0.15, 0.2) is 0 Å². The standard InChI is InChI=1S/C16H25NO/c1-4-7-13-8-10-14(11-9-13)16(18)15(6-3)17-12-5-2/h5,8-11,15-18H,2,4,6-7,12H2,1,3H3. The largest absolute Gasteiger partial charge is 0.387 e. The Bertz CT molecular complexity index is 345. The number of rotatable bonds is 8. The van der Waals surface area contributed by atoms with E-state index in [0.717, 1.165) is 31.4 Å². The first-order valence-electron chi connectivity index (χ1n) is 6.84. The first-order valence-corrected chi connectivity index (χ1v) is 6.84. The predicted octanol–water partition coefficient (Wildman–Crippen LogP) is 3.23. The summed E-state index contributed by atoms with van der Waals surface area (Å²) in [5, 5.41) is 13.6. The van der Waals surface area contributed by atoms with Gasteiger partial charge in [-0.05, 0) is 24.0 Å². The third kappa shape index (κ3) is 4.28. The summed E-state index contributed by atoms with van der Waals surface area (Å²) < 4.78 is 0. The van der Waals surface area contributed by atoms with Gasteiger partial charge in [-0.1, -0.05) is 50.6 Å². The molecule has 0 saturated heterocycles. The number of benzene rings is 1. The lowest BCUT2D eigenvalue weighted by atomic mass is 9.98. The molecule has 0 aromatic heterocycles. The van der Waals surface area contributed by atoms with Crippen molar-refractivity contribution in [2.75, 3.05) is 6.54 Å². The highest BCUT2D eigenvalue weighted by molar-refractivity contribution is 5.25. The topological polar surface area (TPSA) is 32.3 Å². The molecule has 0 aliphatic rings. The Labute approximate surface area is 111 Å². The van der Waals surface area contributed by atoms with Crippen molar-refractivity contribution in [2.45, 2.75) is 45.3 Å². The lowest BCUT2D eigenvalue weighted by molar-refractivity contribution is 0.128. The van der Waals surface area contributed by atoms with Crippen molar-refractivity contribution in [1.29, 1.82) is 0 Å². The first-order chi connectivity index (χ1) is 8.72. The van der Waals surface area contributed by atoms with Crippen molar-refractivity contribution in [3.8, 4) is 0 Å². The van der Waals surface area contributed by atoms with E-state index in [2.05, 4.69) is 37.9 Å². The lowest BCUT2D eigenvalue weighted by Gasteiger charge is -2.23. The van der Waals surface area contributed by atoms with Crippen LogP contribution in [-0.4, -0.2) is 17.7 Å². The maximum Gasteiger partial charge on any atom is 0.0942 e. The molecule has 0 bridgehead atoms. The number of aliphatic hydroxyl groups is 1. The number of aliphatic hydroxyl groups excluding tert-OH is 1. The van der Waals surface area contributed by atoms with E-state index in [0.29, 0.717) is 0 Å². The van der Waals surface area contributed by atoms with E-state index < -0.39 is 6.10 Å². The third-order valence-corrected chi connectivity index (χ3v) is 3.21. The van der Waals surface area contributed by atoms with Gasteiger partial charge in [0.2, 0.25) is 0 Å². The molecule has 0 heterocycles. The number of nitrogens with one attached hydrogen (secondary N) is 1. The minimum absolute atomic E-state index is 0.0834. The zero-order valence-corrected chi connectivity index (χ0v) is 11.5. The number of hydrogen-bond acceptors (Lipinski definition) is 2. The Balaban J connectivity index is 2.68. The molecule has 0 aliphatic heterocycles. The molecule has 2 unspecified atom stereocenters. The molecule has 1 aromatic rings. The molecule has 100 valence electrons. The van der Waals surface area contributed by atoms with Crippen LogP contribution >= 0.6 is 0 Å². The Morgan fingerprint density at radius 2 is 1.94 bits per heavy atom. The fraction of sp³-hybridized carbons (Fsp3) is 0.500. The van der Waals surface area contributed by atoms with Gasteiger partial charge < -0.3 is 10.4 Å². The van der Waals surface area contributed by atoms with Gasteiger partial charge in [0.1, 0.15) is 0 Å². The Kier molecular flexibility index (Phi) is 6.69. The van der Waals surface area contributed by atoms with Crippen molar-refractivity contribution in [3.63, 3.8) is 0 Å². The second-order valence-corrected chi connectivity index (χ2v) is 4.65. The minimum atomic E-state index is -0.453. The van der Waals surface area contributed by atoms with Gasteiger partial charge in [0.05, 0.1) is 6.10 Å². The van der Waals surface area contributed by atoms with Crippen molar-refractivity contribution in [3.05, 3.63) is 48.0 Å². The molecule has 2 nitrogen and oxygen atoms in total. The Hall–Kier alpha value is -1.12. The molecule has 0 radical (unpaired) electrons. The smallest absolute Gasteiger partial charge is 0.0942 e. The van der Waals surface area contributed by atoms with E-state index >= 15 is 0 Å². The van der Waals surface area contributed by atoms with Crippen LogP contribution < -0.4 is 5.32 Å². The van der Waals surface area contributed by atoms with Gasteiger partial charge >= 0.3 is 0 Å². The van der Waals surface area contributed by atoms with Crippen LogP contribution in [0.15, 0.2) is 36.9 Å². The molecule has 2 heteroatoms. The molecule has 2 atom stereocenters. The van der Waals surface area contributed by atoms with Gasteiger partial charge in [-0.2, -0.15) is 0 Å². The molecule has 0 amide bonds. The van der Waals surface area contributed by atoms with Crippen LogP contribution in [0.3, 0.4) is 0 Å². The van der Waals surface area contributed by atoms with Crippen LogP contribution in [0.25, 0.3) is 0 Å². The highest BCUT2D eigenvalue weighted by Gasteiger charge is 2.17. The summed E-state index contributed by atoms with van der Waals surface area (Å²) in [6.45, 7) is 8.67. The van der Waals surface area contributed by atoms with Crippen LogP contribution in [0.2, 0.25) is 0 Å². The normalized spacial score (nSPS) is 14.2. The molecule has 18 heavy (non-hydrogen) atoms. The molecular weight excluding hydrogens is 222 g/mol. The van der Waals surface area contributed by atoms with Gasteiger partial charge in [-0.25, -0.2) is 0 Å². The maximum absolute atomic E-state index is 10.3. The molecule has 0 fully saturated rings. The second kappa shape index (κ2) is 8.06. The van der Waals surface area contributed by atoms with E-state index in [1.165, 1.54) is 5.56 Å². The Morgan fingerprint density at radius 3 is 2.44 bits per heavy atom. The van der Waals surface area contributed by atoms with Crippen molar-refractivity contribution >= 4 is 0 Å². The third-order valence-electron chi connectivity index (χ3n) is 3.21. The van der Waals surface area contributed by atoms with E-state index in [9.17, 15) is 5.11 Å². The highest BCUT2D eigenvalue weighted by atomic mass is 16.3. The Morgan fingerprint density at radius 1 is 1.28 bits per heavy atom. The van der Waals surface area contributed by atoms with Crippen LogP contribution in [0.1, 0.15) is 43.9 Å². The van der Waals surface area contributed by atoms with Crippen LogP contribution in [0, 0.1) is 0 Å². The molecule has 0 spiro atoms. The summed E-state index contributed by atoms with van der Waals surface area (Å²) in [5.74, 6) is 0. The second-order valence-electron chi connectivity index (χ2n) is 4.65. The van der Waals surface area contributed by atoms with Gasteiger partial charge in [0, 0.05) is 12.6 Å². The van der Waals surface area contributed by atoms with Gasteiger partial charge in [-0.15, -0.1) is 6.58 Å². The highest BCUT2D eigenvalue weighted by Crippen LogP contribution is 2.19. The molecule has 1 rings (SSSR count). The molecule has 2 N–H and O–H groups in total. The average molecular weight is 247 g/mol.